The highest BCUT2D eigenvalue weighted by molar-refractivity contribution is 6.01. The van der Waals surface area contributed by atoms with Crippen LogP contribution in [0, 0.1) is 5.82 Å². The second-order valence-corrected chi connectivity index (χ2v) is 11.9. The van der Waals surface area contributed by atoms with Crippen LogP contribution in [-0.2, 0) is 20.8 Å². The molecule has 5 rings (SSSR count). The zero-order valence-corrected chi connectivity index (χ0v) is 27.8. The molecule has 0 spiro atoms. The van der Waals surface area contributed by atoms with Crippen molar-refractivity contribution in [2.75, 3.05) is 26.8 Å². The van der Waals surface area contributed by atoms with Crippen LogP contribution in [0.4, 0.5) is 4.39 Å². The number of para-hydroxylation sites is 2. The normalized spacial score (nSPS) is 17.6. The molecule has 1 heterocycles. The number of halogens is 1. The van der Waals surface area contributed by atoms with E-state index in [0.717, 1.165) is 5.56 Å². The third kappa shape index (κ3) is 9.82. The van der Waals surface area contributed by atoms with Crippen molar-refractivity contribution in [1.29, 1.82) is 0 Å². The van der Waals surface area contributed by atoms with Crippen LogP contribution in [0.1, 0.15) is 29.3 Å². The van der Waals surface area contributed by atoms with Crippen molar-refractivity contribution in [3.8, 4) is 23.0 Å². The van der Waals surface area contributed by atoms with Crippen molar-refractivity contribution >= 4 is 23.6 Å². The topological polar surface area (TPSA) is 135 Å². The lowest BCUT2D eigenvalue weighted by molar-refractivity contribution is -0.136. The molecule has 4 aromatic carbocycles. The maximum absolute atomic E-state index is 14.1. The molecule has 0 bridgehead atoms. The van der Waals surface area contributed by atoms with Gasteiger partial charge in [0.05, 0.1) is 24.6 Å². The fourth-order valence-electron chi connectivity index (χ4n) is 5.28. The maximum atomic E-state index is 14.1. The highest BCUT2D eigenvalue weighted by Gasteiger charge is 2.30. The van der Waals surface area contributed by atoms with Crippen LogP contribution >= 0.6 is 0 Å². The van der Waals surface area contributed by atoms with Gasteiger partial charge < -0.3 is 35.1 Å². The molecule has 0 fully saturated rings. The molecule has 0 aliphatic carbocycles. The number of ether oxygens (including phenoxy) is 3. The van der Waals surface area contributed by atoms with Crippen LogP contribution in [0.25, 0.3) is 0 Å². The van der Waals surface area contributed by atoms with Crippen molar-refractivity contribution in [2.45, 2.75) is 37.9 Å². The molecule has 3 atom stereocenters. The van der Waals surface area contributed by atoms with Crippen molar-refractivity contribution in [2.24, 2.45) is 0 Å². The van der Waals surface area contributed by atoms with E-state index in [1.165, 1.54) is 23.1 Å². The first-order chi connectivity index (χ1) is 24.2. The van der Waals surface area contributed by atoms with Crippen molar-refractivity contribution < 1.29 is 37.8 Å². The zero-order chi connectivity index (χ0) is 35.5. The molecule has 11 nitrogen and oxygen atoms in total. The van der Waals surface area contributed by atoms with E-state index in [-0.39, 0.29) is 54.9 Å². The molecule has 50 heavy (non-hydrogen) atoms. The van der Waals surface area contributed by atoms with Crippen molar-refractivity contribution in [3.63, 3.8) is 0 Å². The van der Waals surface area contributed by atoms with E-state index in [0.29, 0.717) is 5.75 Å². The second-order valence-electron chi connectivity index (χ2n) is 11.9. The van der Waals surface area contributed by atoms with E-state index in [4.69, 9.17) is 14.2 Å². The Kier molecular flexibility index (Phi) is 12.0. The third-order valence-electron chi connectivity index (χ3n) is 7.87. The van der Waals surface area contributed by atoms with Gasteiger partial charge in [0.2, 0.25) is 17.7 Å². The molecule has 4 amide bonds. The van der Waals surface area contributed by atoms with Gasteiger partial charge in [-0.2, -0.15) is 0 Å². The molecule has 3 N–H and O–H groups in total. The first-order valence-corrected chi connectivity index (χ1v) is 16.2. The van der Waals surface area contributed by atoms with E-state index >= 15 is 0 Å². The van der Waals surface area contributed by atoms with E-state index in [1.54, 1.807) is 62.5 Å². The molecule has 12 heteroatoms. The summed E-state index contributed by atoms with van der Waals surface area (Å²) in [7, 11) is 1.61. The Morgan fingerprint density at radius 2 is 1.64 bits per heavy atom. The van der Waals surface area contributed by atoms with E-state index in [1.807, 2.05) is 36.4 Å². The molecule has 1 aliphatic rings. The van der Waals surface area contributed by atoms with E-state index < -0.39 is 48.1 Å². The number of hydrogen-bond donors (Lipinski definition) is 3. The standard InChI is InChI=1S/C38H39FN4O7/c1-25(24-49-33-18-17-27(39)22-34(33)50-28-13-7-4-8-14-28)40-37(46)30-23-35(44)41-31(21-26-11-5-3-6-12-26)38(47)43(2)19-20-48-32-16-10-9-15-29(32)36(45)42-30/h3-18,22,25,30-31H,19-21,23-24H2,1-2H3,(H,40,46)(H,41,44)(H,42,45)/t25-,30+,31-/m1/s1. The first-order valence-electron chi connectivity index (χ1n) is 16.2. The zero-order valence-electron chi connectivity index (χ0n) is 27.8. The van der Waals surface area contributed by atoms with Gasteiger partial charge in [0.25, 0.3) is 5.91 Å². The highest BCUT2D eigenvalue weighted by atomic mass is 19.1. The highest BCUT2D eigenvalue weighted by Crippen LogP contribution is 2.32. The van der Waals surface area contributed by atoms with Crippen LogP contribution < -0.4 is 30.2 Å². The summed E-state index contributed by atoms with van der Waals surface area (Å²) in [5.74, 6) is -1.57. The van der Waals surface area contributed by atoms with Crippen LogP contribution in [-0.4, -0.2) is 73.5 Å². The SMILES string of the molecule is C[C@H](COc1ccc(F)cc1Oc1ccccc1)NC(=O)[C@@H]1CC(=O)N[C@H](Cc2ccccc2)C(=O)N(C)CCOc2ccccc2C(=O)N1. The summed E-state index contributed by atoms with van der Waals surface area (Å²) in [5, 5.41) is 8.24. The number of likely N-dealkylation sites (N-methyl/N-ethyl adjacent to an activating group) is 1. The minimum atomic E-state index is -1.33. The number of nitrogens with zero attached hydrogens (tertiary/aromatic N) is 1. The summed E-state index contributed by atoms with van der Waals surface area (Å²) in [4.78, 5) is 55.6. The van der Waals surface area contributed by atoms with Crippen molar-refractivity contribution in [1.82, 2.24) is 20.9 Å². The third-order valence-corrected chi connectivity index (χ3v) is 7.87. The van der Waals surface area contributed by atoms with E-state index in [2.05, 4.69) is 16.0 Å². The van der Waals surface area contributed by atoms with Gasteiger partial charge in [-0.05, 0) is 48.9 Å². The van der Waals surface area contributed by atoms with Gasteiger partial charge in [-0.25, -0.2) is 4.39 Å². The Labute approximate surface area is 289 Å². The van der Waals surface area contributed by atoms with Gasteiger partial charge in [0.1, 0.15) is 42.6 Å². The molecule has 0 saturated heterocycles. The van der Waals surface area contributed by atoms with Gasteiger partial charge in [-0.15, -0.1) is 0 Å². The van der Waals surface area contributed by atoms with Crippen LogP contribution in [0.15, 0.2) is 103 Å². The molecular formula is C38H39FN4O7. The quantitative estimate of drug-likeness (QED) is 0.240. The summed E-state index contributed by atoms with van der Waals surface area (Å²) in [5.41, 5.74) is 0.998. The molecule has 0 radical (unpaired) electrons. The van der Waals surface area contributed by atoms with Crippen LogP contribution in [0.2, 0.25) is 0 Å². The van der Waals surface area contributed by atoms with Gasteiger partial charge in [-0.3, -0.25) is 19.2 Å². The number of fused-ring (bicyclic) bond motifs is 1. The summed E-state index contributed by atoms with van der Waals surface area (Å²) in [6.07, 6.45) is -0.236. The van der Waals surface area contributed by atoms with Crippen LogP contribution in [0.3, 0.4) is 0 Å². The summed E-state index contributed by atoms with van der Waals surface area (Å²) in [6.45, 7) is 1.93. The van der Waals surface area contributed by atoms with Gasteiger partial charge in [0, 0.05) is 19.5 Å². The smallest absolute Gasteiger partial charge is 0.255 e. The number of hydrogen-bond acceptors (Lipinski definition) is 7. The molecule has 4 aromatic rings. The number of carbonyl (C=O) groups is 4. The predicted molar refractivity (Wildman–Crippen MR) is 184 cm³/mol. The average molecular weight is 683 g/mol. The number of rotatable bonds is 9. The molecular weight excluding hydrogens is 643 g/mol. The Morgan fingerprint density at radius 3 is 2.40 bits per heavy atom. The average Bonchev–Trinajstić information content (AvgIpc) is 3.11. The van der Waals surface area contributed by atoms with Gasteiger partial charge in [0.15, 0.2) is 11.5 Å². The lowest BCUT2D eigenvalue weighted by atomic mass is 10.0. The van der Waals surface area contributed by atoms with E-state index in [9.17, 15) is 23.6 Å². The minimum Gasteiger partial charge on any atom is -0.491 e. The number of nitrogens with one attached hydrogen (secondary N) is 3. The molecule has 0 aromatic heterocycles. The molecule has 0 unspecified atom stereocenters. The lowest BCUT2D eigenvalue weighted by Crippen LogP contribution is -2.54. The van der Waals surface area contributed by atoms with Crippen molar-refractivity contribution in [3.05, 3.63) is 120 Å². The Balaban J connectivity index is 1.32. The fraction of sp³-hybridized carbons (Fsp3) is 0.263. The fourth-order valence-corrected chi connectivity index (χ4v) is 5.28. The summed E-state index contributed by atoms with van der Waals surface area (Å²) in [6, 6.07) is 25.6. The number of amides is 4. The minimum absolute atomic E-state index is 0.0496. The Morgan fingerprint density at radius 1 is 0.940 bits per heavy atom. The molecule has 0 saturated carbocycles. The first kappa shape index (κ1) is 35.4. The maximum Gasteiger partial charge on any atom is 0.255 e. The lowest BCUT2D eigenvalue weighted by Gasteiger charge is -2.27. The largest absolute Gasteiger partial charge is 0.491 e. The molecule has 260 valence electrons. The monoisotopic (exact) mass is 682 g/mol. The number of carbonyl (C=O) groups excluding carboxylic acids is 4. The summed E-state index contributed by atoms with van der Waals surface area (Å²) >= 11 is 0. The van der Waals surface area contributed by atoms with Crippen LogP contribution in [0.5, 0.6) is 23.0 Å². The summed E-state index contributed by atoms with van der Waals surface area (Å²) < 4.78 is 31.7. The predicted octanol–water partition coefficient (Wildman–Crippen LogP) is 4.27. The van der Waals surface area contributed by atoms with Gasteiger partial charge >= 0.3 is 0 Å². The molecule has 1 aliphatic heterocycles. The second kappa shape index (κ2) is 17.0. The Bertz CT molecular complexity index is 1790. The Hall–Kier alpha value is -5.91. The number of benzene rings is 4. The van der Waals surface area contributed by atoms with Gasteiger partial charge in [-0.1, -0.05) is 60.7 Å².